The Bertz CT molecular complexity index is 514. The molecule has 1 aliphatic heterocycles. The average Bonchev–Trinajstić information content (AvgIpc) is 2.84. The molecule has 0 atom stereocenters. The van der Waals surface area contributed by atoms with Crippen molar-refractivity contribution < 1.29 is 0 Å². The summed E-state index contributed by atoms with van der Waals surface area (Å²) < 4.78 is 1.39. The van der Waals surface area contributed by atoms with Gasteiger partial charge in [0.1, 0.15) is 0 Å². The fourth-order valence-electron chi connectivity index (χ4n) is 2.81. The summed E-state index contributed by atoms with van der Waals surface area (Å²) in [5.41, 5.74) is 1.40. The Morgan fingerprint density at radius 3 is 2.89 bits per heavy atom. The number of rotatable bonds is 3. The second kappa shape index (κ2) is 5.29. The molecular formula is C15H20N2S. The van der Waals surface area contributed by atoms with Crippen LogP contribution in [0.2, 0.25) is 0 Å². The third kappa shape index (κ3) is 2.38. The summed E-state index contributed by atoms with van der Waals surface area (Å²) in [6.07, 6.45) is 2.62. The second-order valence-electron chi connectivity index (χ2n) is 5.19. The molecule has 0 radical (unpaired) electrons. The molecule has 0 spiro atoms. The highest BCUT2D eigenvalue weighted by Crippen LogP contribution is 2.32. The van der Waals surface area contributed by atoms with Gasteiger partial charge in [-0.1, -0.05) is 18.2 Å². The topological polar surface area (TPSA) is 15.3 Å². The van der Waals surface area contributed by atoms with Crippen molar-refractivity contribution in [3.8, 4) is 0 Å². The van der Waals surface area contributed by atoms with E-state index in [9.17, 15) is 0 Å². The van der Waals surface area contributed by atoms with Crippen molar-refractivity contribution >= 4 is 27.1 Å². The molecule has 0 unspecified atom stereocenters. The Morgan fingerprint density at radius 1 is 1.28 bits per heavy atom. The third-order valence-electron chi connectivity index (χ3n) is 3.86. The van der Waals surface area contributed by atoms with Gasteiger partial charge in [-0.05, 0) is 37.9 Å². The molecule has 0 saturated carbocycles. The fraction of sp³-hybridized carbons (Fsp3) is 0.467. The van der Waals surface area contributed by atoms with E-state index in [-0.39, 0.29) is 0 Å². The number of nitrogens with zero attached hydrogens (tertiary/aromatic N) is 1. The zero-order valence-corrected chi connectivity index (χ0v) is 11.7. The van der Waals surface area contributed by atoms with E-state index in [1.54, 1.807) is 0 Å². The van der Waals surface area contributed by atoms with E-state index in [4.69, 9.17) is 0 Å². The van der Waals surface area contributed by atoms with Gasteiger partial charge in [0, 0.05) is 29.1 Å². The number of anilines is 1. The molecule has 0 bridgehead atoms. The molecule has 1 aromatic heterocycles. The number of hydrogen-bond acceptors (Lipinski definition) is 3. The van der Waals surface area contributed by atoms with Crippen LogP contribution in [0.1, 0.15) is 12.8 Å². The molecule has 2 nitrogen and oxygen atoms in total. The number of benzene rings is 1. The van der Waals surface area contributed by atoms with Gasteiger partial charge in [0.15, 0.2) is 0 Å². The predicted molar refractivity (Wildman–Crippen MR) is 80.7 cm³/mol. The van der Waals surface area contributed by atoms with Gasteiger partial charge >= 0.3 is 0 Å². The Balaban J connectivity index is 1.76. The highest BCUT2D eigenvalue weighted by molar-refractivity contribution is 7.17. The van der Waals surface area contributed by atoms with Crippen LogP contribution in [0.15, 0.2) is 29.6 Å². The van der Waals surface area contributed by atoms with Gasteiger partial charge in [0.05, 0.1) is 5.69 Å². The molecule has 1 saturated heterocycles. The third-order valence-corrected chi connectivity index (χ3v) is 4.81. The standard InChI is InChI=1S/C15H20N2S/c1-17(10-12-6-8-16-9-7-12)14-11-18-15-5-3-2-4-13(14)15/h2-5,11-12,16H,6-10H2,1H3. The lowest BCUT2D eigenvalue weighted by molar-refractivity contribution is 0.378. The van der Waals surface area contributed by atoms with Gasteiger partial charge in [-0.15, -0.1) is 11.3 Å². The maximum Gasteiger partial charge on any atom is 0.0552 e. The minimum atomic E-state index is 0.843. The SMILES string of the molecule is CN(CC1CCNCC1)c1csc2ccccc12. The Morgan fingerprint density at radius 2 is 2.06 bits per heavy atom. The second-order valence-corrected chi connectivity index (χ2v) is 6.10. The summed E-state index contributed by atoms with van der Waals surface area (Å²) in [6.45, 7) is 3.55. The lowest BCUT2D eigenvalue weighted by atomic mass is 9.97. The predicted octanol–water partition coefficient (Wildman–Crippen LogP) is 3.34. The largest absolute Gasteiger partial charge is 0.373 e. The lowest BCUT2D eigenvalue weighted by Gasteiger charge is -2.28. The zero-order valence-electron chi connectivity index (χ0n) is 10.9. The molecule has 1 aliphatic rings. The van der Waals surface area contributed by atoms with Gasteiger partial charge in [-0.3, -0.25) is 0 Å². The monoisotopic (exact) mass is 260 g/mol. The molecular weight excluding hydrogens is 240 g/mol. The summed E-state index contributed by atoms with van der Waals surface area (Å²) in [5, 5.41) is 7.14. The molecule has 0 aliphatic carbocycles. The first-order chi connectivity index (χ1) is 8.84. The van der Waals surface area contributed by atoms with Crippen molar-refractivity contribution in [2.45, 2.75) is 12.8 Å². The van der Waals surface area contributed by atoms with Crippen LogP contribution in [0.4, 0.5) is 5.69 Å². The highest BCUT2D eigenvalue weighted by Gasteiger charge is 2.16. The molecule has 3 heteroatoms. The maximum atomic E-state index is 3.44. The number of fused-ring (bicyclic) bond motifs is 1. The smallest absolute Gasteiger partial charge is 0.0552 e. The minimum Gasteiger partial charge on any atom is -0.373 e. The molecule has 1 fully saturated rings. The molecule has 18 heavy (non-hydrogen) atoms. The first-order valence-corrected chi connectivity index (χ1v) is 7.60. The van der Waals surface area contributed by atoms with Gasteiger partial charge in [-0.25, -0.2) is 0 Å². The van der Waals surface area contributed by atoms with Crippen LogP contribution in [-0.4, -0.2) is 26.7 Å². The van der Waals surface area contributed by atoms with Crippen molar-refractivity contribution in [1.82, 2.24) is 5.32 Å². The van der Waals surface area contributed by atoms with Crippen molar-refractivity contribution in [3.05, 3.63) is 29.6 Å². The molecule has 3 rings (SSSR count). The Labute approximate surface area is 113 Å². The van der Waals surface area contributed by atoms with Crippen molar-refractivity contribution in [2.24, 2.45) is 5.92 Å². The van der Waals surface area contributed by atoms with Gasteiger partial charge < -0.3 is 10.2 Å². The molecule has 2 aromatic rings. The number of piperidine rings is 1. The van der Waals surface area contributed by atoms with Crippen LogP contribution in [0, 0.1) is 5.92 Å². The first kappa shape index (κ1) is 12.0. The summed E-state index contributed by atoms with van der Waals surface area (Å²) in [4.78, 5) is 2.44. The van der Waals surface area contributed by atoms with Crippen LogP contribution >= 0.6 is 11.3 Å². The Hall–Kier alpha value is -1.06. The highest BCUT2D eigenvalue weighted by atomic mass is 32.1. The molecule has 1 N–H and O–H groups in total. The van der Waals surface area contributed by atoms with Crippen molar-refractivity contribution in [3.63, 3.8) is 0 Å². The van der Waals surface area contributed by atoms with Crippen molar-refractivity contribution in [2.75, 3.05) is 31.6 Å². The van der Waals surface area contributed by atoms with E-state index < -0.39 is 0 Å². The molecule has 1 aromatic carbocycles. The normalized spacial score (nSPS) is 17.2. The van der Waals surface area contributed by atoms with E-state index in [1.165, 1.54) is 48.2 Å². The van der Waals surface area contributed by atoms with E-state index in [0.29, 0.717) is 0 Å². The fourth-order valence-corrected chi connectivity index (χ4v) is 3.81. The quantitative estimate of drug-likeness (QED) is 0.910. The van der Waals surface area contributed by atoms with Crippen LogP contribution < -0.4 is 10.2 Å². The van der Waals surface area contributed by atoms with Crippen LogP contribution in [0.3, 0.4) is 0 Å². The molecule has 0 amide bonds. The number of hydrogen-bond donors (Lipinski definition) is 1. The van der Waals surface area contributed by atoms with Gasteiger partial charge in [0.2, 0.25) is 0 Å². The minimum absolute atomic E-state index is 0.843. The van der Waals surface area contributed by atoms with E-state index in [2.05, 4.69) is 46.9 Å². The summed E-state index contributed by atoms with van der Waals surface area (Å²) in [5.74, 6) is 0.843. The average molecular weight is 260 g/mol. The summed E-state index contributed by atoms with van der Waals surface area (Å²) in [6, 6.07) is 8.70. The van der Waals surface area contributed by atoms with Gasteiger partial charge in [0.25, 0.3) is 0 Å². The zero-order chi connectivity index (χ0) is 12.4. The first-order valence-electron chi connectivity index (χ1n) is 6.72. The van der Waals surface area contributed by atoms with Crippen LogP contribution in [-0.2, 0) is 0 Å². The molecule has 96 valence electrons. The Kier molecular flexibility index (Phi) is 3.52. The van der Waals surface area contributed by atoms with E-state index in [1.807, 2.05) is 11.3 Å². The molecule has 2 heterocycles. The number of nitrogens with one attached hydrogen (secondary N) is 1. The van der Waals surface area contributed by atoms with Crippen LogP contribution in [0.5, 0.6) is 0 Å². The van der Waals surface area contributed by atoms with E-state index >= 15 is 0 Å². The number of thiophene rings is 1. The maximum absolute atomic E-state index is 3.44. The lowest BCUT2D eigenvalue weighted by Crippen LogP contribution is -2.34. The van der Waals surface area contributed by atoms with Gasteiger partial charge in [-0.2, -0.15) is 0 Å². The summed E-state index contributed by atoms with van der Waals surface area (Å²) in [7, 11) is 2.23. The summed E-state index contributed by atoms with van der Waals surface area (Å²) >= 11 is 1.85. The van der Waals surface area contributed by atoms with E-state index in [0.717, 1.165) is 5.92 Å². The van der Waals surface area contributed by atoms with Crippen molar-refractivity contribution in [1.29, 1.82) is 0 Å². The van der Waals surface area contributed by atoms with Crippen LogP contribution in [0.25, 0.3) is 10.1 Å².